The lowest BCUT2D eigenvalue weighted by Crippen LogP contribution is -2.51. The summed E-state index contributed by atoms with van der Waals surface area (Å²) < 4.78 is 11.5. The number of hydrogen-bond acceptors (Lipinski definition) is 5. The van der Waals surface area contributed by atoms with Crippen molar-refractivity contribution in [1.82, 2.24) is 10.2 Å². The minimum atomic E-state index is -0.212. The summed E-state index contributed by atoms with van der Waals surface area (Å²) in [6.45, 7) is 4.13. The van der Waals surface area contributed by atoms with Gasteiger partial charge in [-0.05, 0) is 56.6 Å². The molecule has 1 aromatic rings. The molecule has 0 aromatic heterocycles. The number of nitriles is 1. The summed E-state index contributed by atoms with van der Waals surface area (Å²) in [6.07, 6.45) is 4.84. The van der Waals surface area contributed by atoms with Crippen molar-refractivity contribution in [2.45, 2.75) is 44.2 Å². The van der Waals surface area contributed by atoms with Crippen LogP contribution in [0.2, 0.25) is 0 Å². The van der Waals surface area contributed by atoms with E-state index < -0.39 is 0 Å². The molecule has 1 aromatic carbocycles. The summed E-state index contributed by atoms with van der Waals surface area (Å²) >= 11 is 0. The smallest absolute Gasteiger partial charge is 0.221 e. The topological polar surface area (TPSA) is 74.6 Å². The zero-order chi connectivity index (χ0) is 18.2. The molecular weight excluding hydrogens is 330 g/mol. The van der Waals surface area contributed by atoms with Crippen molar-refractivity contribution in [3.05, 3.63) is 29.8 Å². The van der Waals surface area contributed by atoms with E-state index in [1.807, 2.05) is 0 Å². The number of amides is 1. The number of nitrogens with one attached hydrogen (secondary N) is 1. The van der Waals surface area contributed by atoms with Gasteiger partial charge in [0.25, 0.3) is 0 Å². The van der Waals surface area contributed by atoms with Crippen LogP contribution in [0.3, 0.4) is 0 Å². The number of piperidine rings is 1. The summed E-state index contributed by atoms with van der Waals surface area (Å²) in [4.78, 5) is 14.7. The van der Waals surface area contributed by atoms with Crippen LogP contribution in [0.5, 0.6) is 5.75 Å². The molecule has 2 aliphatic rings. The van der Waals surface area contributed by atoms with Crippen LogP contribution in [0.25, 0.3) is 0 Å². The molecule has 1 amide bonds. The Kier molecular flexibility index (Phi) is 6.87. The van der Waals surface area contributed by atoms with Gasteiger partial charge >= 0.3 is 0 Å². The molecule has 2 fully saturated rings. The number of ether oxygens (including phenoxy) is 2. The summed E-state index contributed by atoms with van der Waals surface area (Å²) in [5.74, 6) is 0.767. The van der Waals surface area contributed by atoms with Gasteiger partial charge in [0.2, 0.25) is 5.91 Å². The predicted octanol–water partition coefficient (Wildman–Crippen LogP) is 2.09. The molecule has 2 heterocycles. The highest BCUT2D eigenvalue weighted by Crippen LogP contribution is 2.18. The fourth-order valence-electron chi connectivity index (χ4n) is 3.50. The Bertz CT molecular complexity index is 620. The monoisotopic (exact) mass is 357 g/mol. The third-order valence-electron chi connectivity index (χ3n) is 5.03. The molecule has 2 atom stereocenters. The van der Waals surface area contributed by atoms with Gasteiger partial charge in [-0.1, -0.05) is 6.42 Å². The molecule has 0 bridgehead atoms. The maximum atomic E-state index is 12.4. The van der Waals surface area contributed by atoms with E-state index in [-0.39, 0.29) is 18.1 Å². The number of hydrogen-bond donors (Lipinski definition) is 1. The molecule has 2 unspecified atom stereocenters. The Morgan fingerprint density at radius 2 is 2.04 bits per heavy atom. The van der Waals surface area contributed by atoms with Gasteiger partial charge in [0, 0.05) is 19.6 Å². The molecule has 0 aliphatic carbocycles. The molecule has 3 rings (SSSR count). The van der Waals surface area contributed by atoms with Gasteiger partial charge in [-0.2, -0.15) is 5.26 Å². The van der Waals surface area contributed by atoms with Gasteiger partial charge < -0.3 is 19.7 Å². The molecule has 140 valence electrons. The zero-order valence-corrected chi connectivity index (χ0v) is 15.2. The number of carbonyl (C=O) groups is 1. The second-order valence-electron chi connectivity index (χ2n) is 6.98. The standard InChI is InChI=1S/C20H27N3O3/c21-14-16-4-6-17(7-5-16)26-19-15-25-13-9-18(19)22-20(24)8-12-23-10-2-1-3-11-23/h4-7,18-19H,1-3,8-13,15H2,(H,22,24). The van der Waals surface area contributed by atoms with Crippen LogP contribution in [0.4, 0.5) is 0 Å². The first-order chi connectivity index (χ1) is 12.7. The number of nitrogens with zero attached hydrogens (tertiary/aromatic N) is 2. The molecule has 26 heavy (non-hydrogen) atoms. The van der Waals surface area contributed by atoms with E-state index in [9.17, 15) is 4.79 Å². The summed E-state index contributed by atoms with van der Waals surface area (Å²) in [7, 11) is 0. The Morgan fingerprint density at radius 1 is 1.27 bits per heavy atom. The Hall–Kier alpha value is -2.10. The fraction of sp³-hybridized carbons (Fsp3) is 0.600. The van der Waals surface area contributed by atoms with Gasteiger partial charge in [0.1, 0.15) is 11.9 Å². The maximum Gasteiger partial charge on any atom is 0.221 e. The number of benzene rings is 1. The SMILES string of the molecule is N#Cc1ccc(OC2COCCC2NC(=O)CCN2CCCCC2)cc1. The quantitative estimate of drug-likeness (QED) is 0.844. The lowest BCUT2D eigenvalue weighted by Gasteiger charge is -2.33. The Labute approximate surface area is 155 Å². The molecule has 0 radical (unpaired) electrons. The second kappa shape index (κ2) is 9.56. The van der Waals surface area contributed by atoms with Crippen LogP contribution in [0.15, 0.2) is 24.3 Å². The summed E-state index contributed by atoms with van der Waals surface area (Å²) in [5, 5.41) is 12.0. The Balaban J connectivity index is 1.49. The Morgan fingerprint density at radius 3 is 2.77 bits per heavy atom. The van der Waals surface area contributed by atoms with E-state index >= 15 is 0 Å². The maximum absolute atomic E-state index is 12.4. The molecule has 6 heteroatoms. The minimum Gasteiger partial charge on any atom is -0.486 e. The van der Waals surface area contributed by atoms with Crippen molar-refractivity contribution in [1.29, 1.82) is 5.26 Å². The zero-order valence-electron chi connectivity index (χ0n) is 15.2. The van der Waals surface area contributed by atoms with Crippen molar-refractivity contribution >= 4 is 5.91 Å². The van der Waals surface area contributed by atoms with Crippen molar-refractivity contribution in [2.75, 3.05) is 32.8 Å². The molecule has 2 saturated heterocycles. The van der Waals surface area contributed by atoms with E-state index in [0.29, 0.717) is 30.9 Å². The normalized spacial score (nSPS) is 23.8. The highest BCUT2D eigenvalue weighted by atomic mass is 16.5. The third kappa shape index (κ3) is 5.45. The average molecular weight is 357 g/mol. The van der Waals surface area contributed by atoms with Crippen LogP contribution >= 0.6 is 0 Å². The molecule has 6 nitrogen and oxygen atoms in total. The molecule has 0 saturated carbocycles. The van der Waals surface area contributed by atoms with E-state index in [0.717, 1.165) is 26.1 Å². The largest absolute Gasteiger partial charge is 0.486 e. The van der Waals surface area contributed by atoms with Crippen molar-refractivity contribution < 1.29 is 14.3 Å². The molecular formula is C20H27N3O3. The lowest BCUT2D eigenvalue weighted by atomic mass is 10.1. The molecule has 1 N–H and O–H groups in total. The van der Waals surface area contributed by atoms with E-state index in [2.05, 4.69) is 16.3 Å². The second-order valence-corrected chi connectivity index (χ2v) is 6.98. The van der Waals surface area contributed by atoms with Crippen LogP contribution in [-0.4, -0.2) is 55.8 Å². The highest BCUT2D eigenvalue weighted by molar-refractivity contribution is 5.76. The first-order valence-corrected chi connectivity index (χ1v) is 9.51. The van der Waals surface area contributed by atoms with Crippen molar-refractivity contribution in [3.63, 3.8) is 0 Å². The van der Waals surface area contributed by atoms with Crippen LogP contribution in [0, 0.1) is 11.3 Å². The molecule has 0 spiro atoms. The van der Waals surface area contributed by atoms with Gasteiger partial charge in [-0.3, -0.25) is 4.79 Å². The van der Waals surface area contributed by atoms with Crippen LogP contribution < -0.4 is 10.1 Å². The predicted molar refractivity (Wildman–Crippen MR) is 97.8 cm³/mol. The highest BCUT2D eigenvalue weighted by Gasteiger charge is 2.29. The van der Waals surface area contributed by atoms with E-state index in [1.165, 1.54) is 19.3 Å². The third-order valence-corrected chi connectivity index (χ3v) is 5.03. The van der Waals surface area contributed by atoms with E-state index in [1.54, 1.807) is 24.3 Å². The van der Waals surface area contributed by atoms with Gasteiger partial charge in [-0.15, -0.1) is 0 Å². The van der Waals surface area contributed by atoms with Gasteiger partial charge in [0.15, 0.2) is 0 Å². The van der Waals surface area contributed by atoms with Crippen LogP contribution in [0.1, 0.15) is 37.7 Å². The van der Waals surface area contributed by atoms with Gasteiger partial charge in [-0.25, -0.2) is 0 Å². The average Bonchev–Trinajstić information content (AvgIpc) is 2.69. The number of likely N-dealkylation sites (tertiary alicyclic amines) is 1. The summed E-state index contributed by atoms with van der Waals surface area (Å²) in [6, 6.07) is 9.06. The van der Waals surface area contributed by atoms with E-state index in [4.69, 9.17) is 14.7 Å². The first-order valence-electron chi connectivity index (χ1n) is 9.51. The lowest BCUT2D eigenvalue weighted by molar-refractivity contribution is -0.124. The number of carbonyl (C=O) groups excluding carboxylic acids is 1. The molecule has 2 aliphatic heterocycles. The van der Waals surface area contributed by atoms with Crippen molar-refractivity contribution in [3.8, 4) is 11.8 Å². The van der Waals surface area contributed by atoms with Crippen molar-refractivity contribution in [2.24, 2.45) is 0 Å². The summed E-state index contributed by atoms with van der Waals surface area (Å²) in [5.41, 5.74) is 0.597. The first kappa shape index (κ1) is 18.7. The minimum absolute atomic E-state index is 0.0479. The van der Waals surface area contributed by atoms with Gasteiger partial charge in [0.05, 0.1) is 24.3 Å². The van der Waals surface area contributed by atoms with Crippen LogP contribution in [-0.2, 0) is 9.53 Å². The number of rotatable bonds is 6. The fourth-order valence-corrected chi connectivity index (χ4v) is 3.50.